The van der Waals surface area contributed by atoms with Crippen LogP contribution >= 0.6 is 23.2 Å². The third-order valence-corrected chi connectivity index (χ3v) is 2.72. The highest BCUT2D eigenvalue weighted by Gasteiger charge is 2.11. The smallest absolute Gasteiger partial charge is 0.191 e. The number of aromatic nitrogens is 1. The van der Waals surface area contributed by atoms with Crippen molar-refractivity contribution >= 4 is 23.2 Å². The van der Waals surface area contributed by atoms with Crippen molar-refractivity contribution in [3.63, 3.8) is 0 Å². The van der Waals surface area contributed by atoms with Gasteiger partial charge in [0.05, 0.1) is 0 Å². The standard InChI is InChI=1S/C12H7Cl2F2NO/c13-10-5-4-7(12(14)17-10)6-18-11-8(15)2-1-3-9(11)16/h1-5H,6H2. The van der Waals surface area contributed by atoms with Crippen molar-refractivity contribution in [3.8, 4) is 5.75 Å². The predicted octanol–water partition coefficient (Wildman–Crippen LogP) is 4.25. The molecule has 0 unspecified atom stereocenters. The first-order valence-corrected chi connectivity index (χ1v) is 5.71. The van der Waals surface area contributed by atoms with Crippen LogP contribution in [0.4, 0.5) is 8.78 Å². The summed E-state index contributed by atoms with van der Waals surface area (Å²) >= 11 is 11.4. The van der Waals surface area contributed by atoms with Gasteiger partial charge in [-0.2, -0.15) is 0 Å². The zero-order chi connectivity index (χ0) is 13.1. The van der Waals surface area contributed by atoms with Crippen LogP contribution in [0, 0.1) is 11.6 Å². The minimum atomic E-state index is -0.770. The van der Waals surface area contributed by atoms with Gasteiger partial charge in [-0.15, -0.1) is 0 Å². The average Bonchev–Trinajstić information content (AvgIpc) is 2.31. The Morgan fingerprint density at radius 1 is 1.06 bits per heavy atom. The van der Waals surface area contributed by atoms with Crippen molar-refractivity contribution in [2.75, 3.05) is 0 Å². The maximum atomic E-state index is 13.3. The fourth-order valence-electron chi connectivity index (χ4n) is 1.32. The summed E-state index contributed by atoms with van der Waals surface area (Å²) in [5.41, 5.74) is 0.490. The van der Waals surface area contributed by atoms with E-state index in [1.54, 1.807) is 6.07 Å². The number of nitrogens with zero attached hydrogens (tertiary/aromatic N) is 1. The summed E-state index contributed by atoms with van der Waals surface area (Å²) in [4.78, 5) is 3.79. The molecule has 1 aromatic heterocycles. The van der Waals surface area contributed by atoms with E-state index in [4.69, 9.17) is 27.9 Å². The average molecular weight is 290 g/mol. The highest BCUT2D eigenvalue weighted by Crippen LogP contribution is 2.24. The Balaban J connectivity index is 2.16. The second kappa shape index (κ2) is 5.50. The molecule has 0 spiro atoms. The normalized spacial score (nSPS) is 10.4. The van der Waals surface area contributed by atoms with Crippen LogP contribution in [0.5, 0.6) is 5.75 Å². The van der Waals surface area contributed by atoms with Crippen LogP contribution in [-0.2, 0) is 6.61 Å². The van der Waals surface area contributed by atoms with Crippen LogP contribution in [-0.4, -0.2) is 4.98 Å². The SMILES string of the molecule is Fc1cccc(F)c1OCc1ccc(Cl)nc1Cl. The van der Waals surface area contributed by atoms with Crippen molar-refractivity contribution in [2.24, 2.45) is 0 Å². The van der Waals surface area contributed by atoms with Gasteiger partial charge in [0.15, 0.2) is 17.4 Å². The maximum Gasteiger partial charge on any atom is 0.191 e. The van der Waals surface area contributed by atoms with E-state index in [0.717, 1.165) is 12.1 Å². The van der Waals surface area contributed by atoms with Crippen LogP contribution in [0.25, 0.3) is 0 Å². The summed E-state index contributed by atoms with van der Waals surface area (Å²) in [6.07, 6.45) is 0. The lowest BCUT2D eigenvalue weighted by molar-refractivity contribution is 0.274. The Morgan fingerprint density at radius 2 is 1.72 bits per heavy atom. The molecule has 0 radical (unpaired) electrons. The van der Waals surface area contributed by atoms with Crippen LogP contribution in [0.15, 0.2) is 30.3 Å². The molecular formula is C12H7Cl2F2NO. The van der Waals surface area contributed by atoms with Gasteiger partial charge in [-0.25, -0.2) is 13.8 Å². The van der Waals surface area contributed by atoms with Crippen molar-refractivity contribution in [3.05, 3.63) is 57.8 Å². The number of pyridine rings is 1. The van der Waals surface area contributed by atoms with Crippen molar-refractivity contribution in [2.45, 2.75) is 6.61 Å². The molecule has 0 atom stereocenters. The number of halogens is 4. The zero-order valence-corrected chi connectivity index (χ0v) is 10.5. The van der Waals surface area contributed by atoms with E-state index in [-0.39, 0.29) is 16.9 Å². The Kier molecular flexibility index (Phi) is 3.99. The van der Waals surface area contributed by atoms with Crippen molar-refractivity contribution in [1.82, 2.24) is 4.98 Å². The fraction of sp³-hybridized carbons (Fsp3) is 0.0833. The molecule has 0 aliphatic rings. The predicted molar refractivity (Wildman–Crippen MR) is 64.9 cm³/mol. The molecule has 6 heteroatoms. The number of para-hydroxylation sites is 1. The lowest BCUT2D eigenvalue weighted by Gasteiger charge is -2.09. The maximum absolute atomic E-state index is 13.3. The Morgan fingerprint density at radius 3 is 2.33 bits per heavy atom. The molecule has 0 aliphatic carbocycles. The summed E-state index contributed by atoms with van der Waals surface area (Å²) in [5.74, 6) is -1.98. The van der Waals surface area contributed by atoms with Gasteiger partial charge in [0.1, 0.15) is 16.9 Å². The Labute approximate surface area is 112 Å². The van der Waals surface area contributed by atoms with Crippen LogP contribution < -0.4 is 4.74 Å². The van der Waals surface area contributed by atoms with E-state index in [9.17, 15) is 8.78 Å². The van der Waals surface area contributed by atoms with Gasteiger partial charge in [0.2, 0.25) is 0 Å². The summed E-state index contributed by atoms with van der Waals surface area (Å²) in [6, 6.07) is 6.58. The van der Waals surface area contributed by atoms with Gasteiger partial charge in [0.25, 0.3) is 0 Å². The lowest BCUT2D eigenvalue weighted by atomic mass is 10.3. The molecule has 0 fully saturated rings. The van der Waals surface area contributed by atoms with E-state index in [0.29, 0.717) is 5.56 Å². The Hall–Kier alpha value is -1.39. The molecule has 1 aromatic carbocycles. The molecule has 94 valence electrons. The van der Waals surface area contributed by atoms with E-state index in [1.165, 1.54) is 12.1 Å². The summed E-state index contributed by atoms with van der Waals surface area (Å²) < 4.78 is 31.6. The van der Waals surface area contributed by atoms with E-state index >= 15 is 0 Å². The topological polar surface area (TPSA) is 22.1 Å². The van der Waals surface area contributed by atoms with Crippen molar-refractivity contribution in [1.29, 1.82) is 0 Å². The number of hydrogen-bond acceptors (Lipinski definition) is 2. The first kappa shape index (κ1) is 13.1. The molecule has 0 N–H and O–H groups in total. The van der Waals surface area contributed by atoms with Gasteiger partial charge in [-0.1, -0.05) is 29.3 Å². The van der Waals surface area contributed by atoms with E-state index < -0.39 is 17.4 Å². The first-order chi connectivity index (χ1) is 8.58. The van der Waals surface area contributed by atoms with Gasteiger partial charge < -0.3 is 4.74 Å². The van der Waals surface area contributed by atoms with Crippen LogP contribution in [0.1, 0.15) is 5.56 Å². The molecule has 1 heterocycles. The molecule has 2 nitrogen and oxygen atoms in total. The number of benzene rings is 1. The highest BCUT2D eigenvalue weighted by molar-refractivity contribution is 6.32. The summed E-state index contributed by atoms with van der Waals surface area (Å²) in [7, 11) is 0. The third kappa shape index (κ3) is 2.89. The number of hydrogen-bond donors (Lipinski definition) is 0. The summed E-state index contributed by atoms with van der Waals surface area (Å²) in [6.45, 7) is -0.0964. The highest BCUT2D eigenvalue weighted by atomic mass is 35.5. The van der Waals surface area contributed by atoms with E-state index in [1.807, 2.05) is 0 Å². The largest absolute Gasteiger partial charge is 0.483 e. The molecule has 0 aliphatic heterocycles. The number of rotatable bonds is 3. The molecule has 2 rings (SSSR count). The minimum absolute atomic E-state index is 0.0964. The zero-order valence-electron chi connectivity index (χ0n) is 8.96. The fourth-order valence-corrected chi connectivity index (χ4v) is 1.72. The van der Waals surface area contributed by atoms with Gasteiger partial charge in [-0.05, 0) is 24.3 Å². The molecular weight excluding hydrogens is 283 g/mol. The third-order valence-electron chi connectivity index (χ3n) is 2.18. The second-order valence-electron chi connectivity index (χ2n) is 3.42. The molecule has 0 amide bonds. The molecule has 2 aromatic rings. The lowest BCUT2D eigenvalue weighted by Crippen LogP contribution is -2.01. The minimum Gasteiger partial charge on any atom is -0.483 e. The number of ether oxygens (including phenoxy) is 1. The quantitative estimate of drug-likeness (QED) is 0.788. The van der Waals surface area contributed by atoms with Crippen LogP contribution in [0.2, 0.25) is 10.3 Å². The monoisotopic (exact) mass is 289 g/mol. The Bertz CT molecular complexity index is 558. The summed E-state index contributed by atoms with van der Waals surface area (Å²) in [5, 5.41) is 0.375. The molecule has 18 heavy (non-hydrogen) atoms. The van der Waals surface area contributed by atoms with Gasteiger partial charge in [0, 0.05) is 5.56 Å². The van der Waals surface area contributed by atoms with Gasteiger partial charge >= 0.3 is 0 Å². The first-order valence-electron chi connectivity index (χ1n) is 4.95. The molecule has 0 bridgehead atoms. The van der Waals surface area contributed by atoms with E-state index in [2.05, 4.69) is 4.98 Å². The van der Waals surface area contributed by atoms with Gasteiger partial charge in [-0.3, -0.25) is 0 Å². The van der Waals surface area contributed by atoms with Crippen molar-refractivity contribution < 1.29 is 13.5 Å². The second-order valence-corrected chi connectivity index (χ2v) is 4.17. The molecule has 0 saturated heterocycles. The van der Waals surface area contributed by atoms with Crippen LogP contribution in [0.3, 0.4) is 0 Å². The molecule has 0 saturated carbocycles.